The molecule has 3 rings (SSSR count). The van der Waals surface area contributed by atoms with Crippen molar-refractivity contribution in [3.05, 3.63) is 75.2 Å². The zero-order valence-electron chi connectivity index (χ0n) is 13.7. The number of carbonyl (C=O) groups excluding carboxylic acids is 1. The molecule has 124 valence electrons. The molecule has 6 heteroatoms. The van der Waals surface area contributed by atoms with Gasteiger partial charge in [0.1, 0.15) is 17.7 Å². The van der Waals surface area contributed by atoms with E-state index >= 15 is 0 Å². The highest BCUT2D eigenvalue weighted by molar-refractivity contribution is 7.14. The number of benzene rings is 1. The van der Waals surface area contributed by atoms with E-state index in [1.807, 2.05) is 27.0 Å². The van der Waals surface area contributed by atoms with Gasteiger partial charge in [0.2, 0.25) is 0 Å². The summed E-state index contributed by atoms with van der Waals surface area (Å²) >= 11 is 1.43. The number of aryl methyl sites for hydroxylation is 3. The summed E-state index contributed by atoms with van der Waals surface area (Å²) in [6.45, 7) is 3.94. The molecular formula is C18H18FN3OS. The second-order valence-electron chi connectivity index (χ2n) is 5.67. The van der Waals surface area contributed by atoms with Crippen LogP contribution in [0.3, 0.4) is 0 Å². The molecule has 0 aliphatic heterocycles. The van der Waals surface area contributed by atoms with Gasteiger partial charge in [-0.05, 0) is 31.5 Å². The average Bonchev–Trinajstić information content (AvgIpc) is 3.12. The lowest BCUT2D eigenvalue weighted by atomic mass is 10.1. The highest BCUT2D eigenvalue weighted by atomic mass is 32.1. The number of nitrogens with zero attached hydrogens (tertiary/aromatic N) is 2. The van der Waals surface area contributed by atoms with Crippen LogP contribution in [0.15, 0.2) is 42.7 Å². The highest BCUT2D eigenvalue weighted by Crippen LogP contribution is 2.25. The van der Waals surface area contributed by atoms with Crippen LogP contribution in [0.2, 0.25) is 0 Å². The molecule has 0 radical (unpaired) electrons. The number of halogens is 1. The summed E-state index contributed by atoms with van der Waals surface area (Å²) in [5.74, 6) is -0.0183. The second kappa shape index (κ2) is 6.57. The van der Waals surface area contributed by atoms with Crippen molar-refractivity contribution >= 4 is 17.2 Å². The maximum absolute atomic E-state index is 14.3. The Morgan fingerprint density at radius 2 is 2.08 bits per heavy atom. The molecule has 24 heavy (non-hydrogen) atoms. The number of amides is 1. The smallest absolute Gasteiger partial charge is 0.262 e. The van der Waals surface area contributed by atoms with Crippen molar-refractivity contribution in [2.24, 2.45) is 7.05 Å². The van der Waals surface area contributed by atoms with Crippen molar-refractivity contribution in [2.45, 2.75) is 19.9 Å². The molecule has 0 bridgehead atoms. The SMILES string of the molecule is Cc1cc(C(=O)NC(c2ccccc2F)c2nccn2C)sc1C. The Kier molecular flexibility index (Phi) is 4.49. The number of carbonyl (C=O) groups is 1. The van der Waals surface area contributed by atoms with Gasteiger partial charge in [0.05, 0.1) is 4.88 Å². The first-order valence-electron chi connectivity index (χ1n) is 7.57. The molecule has 0 spiro atoms. The summed E-state index contributed by atoms with van der Waals surface area (Å²) in [5, 5.41) is 2.92. The molecule has 1 unspecified atom stereocenters. The fraction of sp³-hybridized carbons (Fsp3) is 0.222. The predicted octanol–water partition coefficient (Wildman–Crippen LogP) is 3.76. The van der Waals surface area contributed by atoms with E-state index in [9.17, 15) is 9.18 Å². The first-order valence-corrected chi connectivity index (χ1v) is 8.38. The van der Waals surface area contributed by atoms with Crippen LogP contribution in [0.5, 0.6) is 0 Å². The maximum Gasteiger partial charge on any atom is 0.262 e. The van der Waals surface area contributed by atoms with E-state index in [2.05, 4.69) is 10.3 Å². The number of hydrogen-bond donors (Lipinski definition) is 1. The molecular weight excluding hydrogens is 325 g/mol. The van der Waals surface area contributed by atoms with Gasteiger partial charge in [-0.3, -0.25) is 4.79 Å². The summed E-state index contributed by atoms with van der Waals surface area (Å²) < 4.78 is 16.1. The van der Waals surface area contributed by atoms with Gasteiger partial charge in [-0.15, -0.1) is 11.3 Å². The molecule has 0 aliphatic rings. The molecule has 1 atom stereocenters. The number of imidazole rings is 1. The lowest BCUT2D eigenvalue weighted by Gasteiger charge is -2.19. The maximum atomic E-state index is 14.3. The molecule has 2 heterocycles. The Hall–Kier alpha value is -2.47. The van der Waals surface area contributed by atoms with Gasteiger partial charge in [0.15, 0.2) is 0 Å². The molecule has 3 aromatic rings. The van der Waals surface area contributed by atoms with Gasteiger partial charge in [-0.25, -0.2) is 9.37 Å². The largest absolute Gasteiger partial charge is 0.337 e. The molecule has 2 aromatic heterocycles. The lowest BCUT2D eigenvalue weighted by Crippen LogP contribution is -2.31. The summed E-state index contributed by atoms with van der Waals surface area (Å²) in [6.07, 6.45) is 3.41. The van der Waals surface area contributed by atoms with Crippen molar-refractivity contribution in [2.75, 3.05) is 0 Å². The van der Waals surface area contributed by atoms with Crippen molar-refractivity contribution in [1.29, 1.82) is 0 Å². The fourth-order valence-electron chi connectivity index (χ4n) is 2.53. The lowest BCUT2D eigenvalue weighted by molar-refractivity contribution is 0.0944. The van der Waals surface area contributed by atoms with E-state index in [0.717, 1.165) is 10.4 Å². The molecule has 1 N–H and O–H groups in total. The Balaban J connectivity index is 1.98. The third-order valence-electron chi connectivity index (χ3n) is 4.00. The van der Waals surface area contributed by atoms with Crippen LogP contribution in [0.1, 0.15) is 37.5 Å². The van der Waals surface area contributed by atoms with Gasteiger partial charge >= 0.3 is 0 Å². The molecule has 1 amide bonds. The molecule has 0 saturated carbocycles. The van der Waals surface area contributed by atoms with E-state index in [1.54, 1.807) is 35.2 Å². The normalized spacial score (nSPS) is 12.2. The predicted molar refractivity (Wildman–Crippen MR) is 92.7 cm³/mol. The highest BCUT2D eigenvalue weighted by Gasteiger charge is 2.24. The standard InChI is InChI=1S/C18H18FN3OS/c1-11-10-15(24-12(11)2)18(23)21-16(17-20-8-9-22(17)3)13-6-4-5-7-14(13)19/h4-10,16H,1-3H3,(H,21,23). The summed E-state index contributed by atoms with van der Waals surface area (Å²) in [6, 6.07) is 7.63. The minimum absolute atomic E-state index is 0.229. The molecule has 0 aliphatic carbocycles. The van der Waals surface area contributed by atoms with Crippen LogP contribution in [0.4, 0.5) is 4.39 Å². The summed E-state index contributed by atoms with van der Waals surface area (Å²) in [4.78, 5) is 18.6. The van der Waals surface area contributed by atoms with Crippen LogP contribution in [-0.4, -0.2) is 15.5 Å². The first-order chi connectivity index (χ1) is 11.5. The van der Waals surface area contributed by atoms with Gasteiger partial charge < -0.3 is 9.88 Å². The number of nitrogens with one attached hydrogen (secondary N) is 1. The van der Waals surface area contributed by atoms with E-state index in [-0.39, 0.29) is 11.7 Å². The Bertz CT molecular complexity index is 865. The number of rotatable bonds is 4. The molecule has 4 nitrogen and oxygen atoms in total. The van der Waals surface area contributed by atoms with E-state index in [1.165, 1.54) is 17.4 Å². The first kappa shape index (κ1) is 16.4. The van der Waals surface area contributed by atoms with E-state index in [0.29, 0.717) is 16.3 Å². The fourth-order valence-corrected chi connectivity index (χ4v) is 3.47. The Morgan fingerprint density at radius 1 is 1.33 bits per heavy atom. The molecule has 1 aromatic carbocycles. The molecule has 0 fully saturated rings. The Morgan fingerprint density at radius 3 is 2.67 bits per heavy atom. The van der Waals surface area contributed by atoms with Gasteiger partial charge in [-0.1, -0.05) is 18.2 Å². The number of hydrogen-bond acceptors (Lipinski definition) is 3. The van der Waals surface area contributed by atoms with Crippen molar-refractivity contribution in [3.63, 3.8) is 0 Å². The Labute approximate surface area is 144 Å². The van der Waals surface area contributed by atoms with E-state index in [4.69, 9.17) is 0 Å². The van der Waals surface area contributed by atoms with Crippen molar-refractivity contribution in [1.82, 2.24) is 14.9 Å². The van der Waals surface area contributed by atoms with Gasteiger partial charge in [0.25, 0.3) is 5.91 Å². The van der Waals surface area contributed by atoms with Crippen LogP contribution in [0.25, 0.3) is 0 Å². The monoisotopic (exact) mass is 343 g/mol. The van der Waals surface area contributed by atoms with Crippen molar-refractivity contribution in [3.8, 4) is 0 Å². The second-order valence-corrected chi connectivity index (χ2v) is 6.93. The minimum atomic E-state index is -0.651. The van der Waals surface area contributed by atoms with E-state index < -0.39 is 6.04 Å². The quantitative estimate of drug-likeness (QED) is 0.784. The zero-order chi connectivity index (χ0) is 17.3. The van der Waals surface area contributed by atoms with Crippen LogP contribution in [-0.2, 0) is 7.05 Å². The summed E-state index contributed by atoms with van der Waals surface area (Å²) in [5.41, 5.74) is 1.47. The number of aromatic nitrogens is 2. The molecule has 0 saturated heterocycles. The van der Waals surface area contributed by atoms with Gasteiger partial charge in [0, 0.05) is 29.9 Å². The third kappa shape index (κ3) is 3.10. The van der Waals surface area contributed by atoms with Gasteiger partial charge in [-0.2, -0.15) is 0 Å². The minimum Gasteiger partial charge on any atom is -0.337 e. The van der Waals surface area contributed by atoms with Crippen LogP contribution >= 0.6 is 11.3 Å². The van der Waals surface area contributed by atoms with Crippen molar-refractivity contribution < 1.29 is 9.18 Å². The zero-order valence-corrected chi connectivity index (χ0v) is 14.5. The third-order valence-corrected chi connectivity index (χ3v) is 5.15. The summed E-state index contributed by atoms with van der Waals surface area (Å²) in [7, 11) is 1.82. The van der Waals surface area contributed by atoms with Crippen LogP contribution in [0, 0.1) is 19.7 Å². The topological polar surface area (TPSA) is 46.9 Å². The number of thiophene rings is 1. The van der Waals surface area contributed by atoms with Crippen LogP contribution < -0.4 is 5.32 Å². The average molecular weight is 343 g/mol.